The molecule has 0 fully saturated rings. The van der Waals surface area contributed by atoms with Crippen molar-refractivity contribution >= 4 is 50.6 Å². The third-order valence-corrected chi connectivity index (χ3v) is 2.69. The van der Waals surface area contributed by atoms with Crippen molar-refractivity contribution in [2.45, 2.75) is 6.92 Å². The zero-order chi connectivity index (χ0) is 12.8. The number of hydrogen-bond donors (Lipinski definition) is 3. The molecule has 0 heterocycles. The van der Waals surface area contributed by atoms with Gasteiger partial charge < -0.3 is 11.1 Å². The molecular weight excluding hydrogens is 304 g/mol. The van der Waals surface area contributed by atoms with Gasteiger partial charge in [0, 0.05) is 10.2 Å². The van der Waals surface area contributed by atoms with Crippen molar-refractivity contribution in [3.05, 3.63) is 28.7 Å². The minimum Gasteiger partial charge on any atom is -0.350 e. The van der Waals surface area contributed by atoms with Crippen LogP contribution in [0.3, 0.4) is 0 Å². The van der Waals surface area contributed by atoms with Crippen LogP contribution in [0, 0.1) is 0 Å². The largest absolute Gasteiger partial charge is 0.350 e. The molecule has 0 aliphatic carbocycles. The fourth-order valence-corrected chi connectivity index (χ4v) is 1.37. The lowest BCUT2D eigenvalue weighted by molar-refractivity contribution is 0.249. The predicted octanol–water partition coefficient (Wildman–Crippen LogP) is 2.23. The van der Waals surface area contributed by atoms with Gasteiger partial charge in [-0.15, -0.1) is 0 Å². The number of thiocarbonyl (C=S) groups is 1. The molecular formula is C10H11BrN4OS. The lowest BCUT2D eigenvalue weighted by atomic mass is 10.3. The van der Waals surface area contributed by atoms with Crippen molar-refractivity contribution in [2.24, 2.45) is 10.8 Å². The van der Waals surface area contributed by atoms with Gasteiger partial charge in [0.25, 0.3) is 0 Å². The molecule has 0 aromatic heterocycles. The molecule has 4 N–H and O–H groups in total. The number of urea groups is 1. The molecule has 0 spiro atoms. The van der Waals surface area contributed by atoms with Gasteiger partial charge in [-0.05, 0) is 31.2 Å². The Morgan fingerprint density at radius 3 is 2.53 bits per heavy atom. The highest BCUT2D eigenvalue weighted by atomic mass is 79.9. The number of rotatable bonds is 3. The molecule has 0 saturated heterocycles. The van der Waals surface area contributed by atoms with Crippen LogP contribution < -0.4 is 16.5 Å². The number of nitrogens with zero attached hydrogens (tertiary/aromatic N) is 1. The normalized spacial score (nSPS) is 10.8. The van der Waals surface area contributed by atoms with Gasteiger partial charge in [0.05, 0.1) is 5.71 Å². The summed E-state index contributed by atoms with van der Waals surface area (Å²) in [5.74, 6) is 0. The number of primary amides is 1. The molecule has 0 bridgehead atoms. The molecule has 0 radical (unpaired) electrons. The maximum atomic E-state index is 10.5. The van der Waals surface area contributed by atoms with Crippen LogP contribution in [0.25, 0.3) is 0 Å². The van der Waals surface area contributed by atoms with E-state index in [9.17, 15) is 4.79 Å². The van der Waals surface area contributed by atoms with Crippen molar-refractivity contribution in [2.75, 3.05) is 5.32 Å². The summed E-state index contributed by atoms with van der Waals surface area (Å²) in [6, 6.07) is 6.78. The smallest absolute Gasteiger partial charge is 0.332 e. The van der Waals surface area contributed by atoms with E-state index in [1.165, 1.54) is 0 Å². The van der Waals surface area contributed by atoms with E-state index in [-0.39, 0.29) is 0 Å². The van der Waals surface area contributed by atoms with Crippen LogP contribution in [0.2, 0.25) is 0 Å². The molecule has 0 atom stereocenters. The second-order valence-corrected chi connectivity index (χ2v) is 4.46. The highest BCUT2D eigenvalue weighted by molar-refractivity contribution is 9.10. The Hall–Kier alpha value is -1.47. The first-order valence-electron chi connectivity index (χ1n) is 4.65. The van der Waals surface area contributed by atoms with E-state index in [0.29, 0.717) is 10.7 Å². The Bertz CT molecular complexity index is 458. The van der Waals surface area contributed by atoms with Crippen LogP contribution in [-0.4, -0.2) is 16.7 Å². The molecule has 1 aromatic rings. The summed E-state index contributed by atoms with van der Waals surface area (Å²) in [7, 11) is 0. The fraction of sp³-hybridized carbons (Fsp3) is 0.100. The van der Waals surface area contributed by atoms with Crippen molar-refractivity contribution in [1.82, 2.24) is 5.43 Å². The van der Waals surface area contributed by atoms with Crippen molar-refractivity contribution < 1.29 is 4.79 Å². The minimum absolute atomic E-state index is 0.418. The molecule has 1 rings (SSSR count). The summed E-state index contributed by atoms with van der Waals surface area (Å²) in [4.78, 5) is 10.9. The highest BCUT2D eigenvalue weighted by Gasteiger charge is 2.02. The quantitative estimate of drug-likeness (QED) is 0.455. The van der Waals surface area contributed by atoms with Crippen molar-refractivity contribution in [3.8, 4) is 0 Å². The van der Waals surface area contributed by atoms with Gasteiger partial charge >= 0.3 is 6.03 Å². The van der Waals surface area contributed by atoms with E-state index in [1.54, 1.807) is 6.92 Å². The molecule has 0 unspecified atom stereocenters. The third-order valence-electron chi connectivity index (χ3n) is 1.76. The van der Waals surface area contributed by atoms with Crippen LogP contribution in [0.5, 0.6) is 0 Å². The number of carbonyl (C=O) groups is 1. The molecule has 0 aliphatic rings. The summed E-state index contributed by atoms with van der Waals surface area (Å²) < 4.78 is 0.981. The SMILES string of the molecule is CC(=NNC(N)=O)C(=S)Nc1ccc(Br)cc1. The molecule has 90 valence electrons. The standard InChI is InChI=1S/C10H11BrN4OS/c1-6(14-15-10(12)16)9(17)13-8-4-2-7(11)3-5-8/h2-5H,1H3,(H,13,17)(H3,12,15,16). The van der Waals surface area contributed by atoms with Crippen molar-refractivity contribution in [3.63, 3.8) is 0 Å². The molecule has 0 aliphatic heterocycles. The monoisotopic (exact) mass is 314 g/mol. The van der Waals surface area contributed by atoms with E-state index in [1.807, 2.05) is 24.3 Å². The van der Waals surface area contributed by atoms with Gasteiger partial charge in [-0.25, -0.2) is 10.2 Å². The van der Waals surface area contributed by atoms with E-state index < -0.39 is 6.03 Å². The first kappa shape index (κ1) is 13.6. The molecule has 17 heavy (non-hydrogen) atoms. The predicted molar refractivity (Wildman–Crippen MR) is 76.2 cm³/mol. The van der Waals surface area contributed by atoms with E-state index >= 15 is 0 Å². The fourth-order valence-electron chi connectivity index (χ4n) is 0.944. The number of amides is 2. The Morgan fingerprint density at radius 2 is 2.00 bits per heavy atom. The van der Waals surface area contributed by atoms with Crippen molar-refractivity contribution in [1.29, 1.82) is 0 Å². The molecule has 2 amide bonds. The number of carbonyl (C=O) groups excluding carboxylic acids is 1. The maximum absolute atomic E-state index is 10.5. The second kappa shape index (κ2) is 6.31. The Balaban J connectivity index is 2.63. The van der Waals surface area contributed by atoms with Gasteiger partial charge in [-0.1, -0.05) is 28.1 Å². The Kier molecular flexibility index (Phi) is 5.05. The number of nitrogens with one attached hydrogen (secondary N) is 2. The molecule has 0 saturated carbocycles. The number of anilines is 1. The van der Waals surface area contributed by atoms with E-state index in [2.05, 4.69) is 31.8 Å². The number of halogens is 1. The molecule has 7 heteroatoms. The average Bonchev–Trinajstić information content (AvgIpc) is 2.28. The number of hydrogen-bond acceptors (Lipinski definition) is 3. The number of nitrogens with two attached hydrogens (primary N) is 1. The lowest BCUT2D eigenvalue weighted by Gasteiger charge is -2.07. The second-order valence-electron chi connectivity index (χ2n) is 3.13. The first-order chi connectivity index (χ1) is 7.99. The average molecular weight is 315 g/mol. The third kappa shape index (κ3) is 4.92. The van der Waals surface area contributed by atoms with E-state index in [4.69, 9.17) is 18.0 Å². The highest BCUT2D eigenvalue weighted by Crippen LogP contribution is 2.14. The Morgan fingerprint density at radius 1 is 1.41 bits per heavy atom. The van der Waals surface area contributed by atoms with Crippen LogP contribution in [0.4, 0.5) is 10.5 Å². The van der Waals surface area contributed by atoms with Crippen LogP contribution >= 0.6 is 28.1 Å². The van der Waals surface area contributed by atoms with Crippen LogP contribution in [0.15, 0.2) is 33.8 Å². The topological polar surface area (TPSA) is 79.5 Å². The van der Waals surface area contributed by atoms with E-state index in [0.717, 1.165) is 10.2 Å². The lowest BCUT2D eigenvalue weighted by Crippen LogP contribution is -2.28. The van der Waals surface area contributed by atoms with Gasteiger partial charge in [0.1, 0.15) is 4.99 Å². The zero-order valence-corrected chi connectivity index (χ0v) is 11.4. The number of hydrazone groups is 1. The first-order valence-corrected chi connectivity index (χ1v) is 5.86. The summed E-state index contributed by atoms with van der Waals surface area (Å²) in [6.07, 6.45) is 0. The number of benzene rings is 1. The van der Waals surface area contributed by atoms with Gasteiger partial charge in [-0.3, -0.25) is 0 Å². The zero-order valence-electron chi connectivity index (χ0n) is 9.03. The molecule has 1 aromatic carbocycles. The summed E-state index contributed by atoms with van der Waals surface area (Å²) in [5, 5.41) is 6.70. The Labute approximate surface area is 113 Å². The van der Waals surface area contributed by atoms with Crippen LogP contribution in [-0.2, 0) is 0 Å². The van der Waals surface area contributed by atoms with Gasteiger partial charge in [-0.2, -0.15) is 5.10 Å². The molecule has 5 nitrogen and oxygen atoms in total. The van der Waals surface area contributed by atoms with Gasteiger partial charge in [0.15, 0.2) is 0 Å². The maximum Gasteiger partial charge on any atom is 0.332 e. The summed E-state index contributed by atoms with van der Waals surface area (Å²) in [6.45, 7) is 1.67. The van der Waals surface area contributed by atoms with Crippen LogP contribution in [0.1, 0.15) is 6.92 Å². The summed E-state index contributed by atoms with van der Waals surface area (Å²) >= 11 is 8.43. The van der Waals surface area contributed by atoms with Gasteiger partial charge in [0.2, 0.25) is 0 Å². The minimum atomic E-state index is -0.726. The summed E-state index contributed by atoms with van der Waals surface area (Å²) in [5.41, 5.74) is 8.31.